The molecule has 0 radical (unpaired) electrons. The highest BCUT2D eigenvalue weighted by atomic mass is 32.2. The van der Waals surface area contributed by atoms with Crippen LogP contribution >= 0.6 is 0 Å². The van der Waals surface area contributed by atoms with Gasteiger partial charge in [0.1, 0.15) is 10.9 Å². The summed E-state index contributed by atoms with van der Waals surface area (Å²) >= 11 is 0. The number of hydrazone groups is 1. The number of nitrogens with zero attached hydrogens (tertiary/aromatic N) is 3. The molecule has 1 saturated carbocycles. The van der Waals surface area contributed by atoms with Gasteiger partial charge < -0.3 is 0 Å². The third-order valence-corrected chi connectivity index (χ3v) is 7.14. The van der Waals surface area contributed by atoms with Gasteiger partial charge in [-0.25, -0.2) is 8.42 Å². The van der Waals surface area contributed by atoms with Gasteiger partial charge in [0.05, 0.1) is 26.5 Å². The lowest BCUT2D eigenvalue weighted by atomic mass is 9.98. The first-order valence-electron chi connectivity index (χ1n) is 9.26. The molecule has 11 heteroatoms. The van der Waals surface area contributed by atoms with Crippen molar-refractivity contribution >= 4 is 32.6 Å². The molecule has 0 unspecified atom stereocenters. The number of sulfone groups is 1. The van der Waals surface area contributed by atoms with Gasteiger partial charge in [-0.3, -0.25) is 25.7 Å². The average molecular weight is 432 g/mol. The lowest BCUT2D eigenvalue weighted by Crippen LogP contribution is -2.34. The Labute approximate surface area is 172 Å². The molecule has 0 saturated heterocycles. The van der Waals surface area contributed by atoms with Crippen LogP contribution in [-0.2, 0) is 9.84 Å². The normalized spacial score (nSPS) is 18.2. The second kappa shape index (κ2) is 8.57. The van der Waals surface area contributed by atoms with Gasteiger partial charge in [-0.1, -0.05) is 24.1 Å². The van der Waals surface area contributed by atoms with Crippen LogP contribution in [0.4, 0.5) is 17.1 Å². The van der Waals surface area contributed by atoms with E-state index < -0.39 is 36.3 Å². The van der Waals surface area contributed by atoms with E-state index in [-0.39, 0.29) is 10.6 Å². The van der Waals surface area contributed by atoms with E-state index in [1.165, 1.54) is 6.07 Å². The topological polar surface area (TPSA) is 145 Å². The number of nitrogens with one attached hydrogen (secondary N) is 1. The molecule has 1 fully saturated rings. The third kappa shape index (κ3) is 4.46. The predicted octanol–water partition coefficient (Wildman–Crippen LogP) is 4.00. The monoisotopic (exact) mass is 432 g/mol. The van der Waals surface area contributed by atoms with Crippen molar-refractivity contribution < 1.29 is 18.3 Å². The summed E-state index contributed by atoms with van der Waals surface area (Å²) in [6.45, 7) is 1.87. The van der Waals surface area contributed by atoms with Crippen LogP contribution in [0.3, 0.4) is 0 Å². The molecule has 0 spiro atoms. The minimum atomic E-state index is -3.67. The van der Waals surface area contributed by atoms with E-state index in [1.807, 2.05) is 6.92 Å². The summed E-state index contributed by atoms with van der Waals surface area (Å²) in [5.74, 6) is 0. The van der Waals surface area contributed by atoms with Crippen molar-refractivity contribution in [3.05, 3.63) is 68.3 Å². The molecule has 0 aliphatic heterocycles. The Morgan fingerprint density at radius 2 is 1.73 bits per heavy atom. The van der Waals surface area contributed by atoms with E-state index in [0.717, 1.165) is 30.5 Å². The van der Waals surface area contributed by atoms with Gasteiger partial charge in [0.2, 0.25) is 0 Å². The molecule has 0 heterocycles. The SMILES string of the molecule is Cc1ccc(S(=O)(=O)[C@@H]2CCCC/C2=N\Nc2ccc([N+](=O)[O-])cc2[N+](=O)[O-])cc1. The second-order valence-corrected chi connectivity index (χ2v) is 9.15. The van der Waals surface area contributed by atoms with Gasteiger partial charge in [0, 0.05) is 6.07 Å². The lowest BCUT2D eigenvalue weighted by Gasteiger charge is -2.24. The van der Waals surface area contributed by atoms with Crippen LogP contribution in [0, 0.1) is 27.2 Å². The molecule has 2 aromatic rings. The number of benzene rings is 2. The van der Waals surface area contributed by atoms with Crippen molar-refractivity contribution in [1.82, 2.24) is 0 Å². The Bertz CT molecular complexity index is 1110. The molecule has 1 N–H and O–H groups in total. The van der Waals surface area contributed by atoms with Gasteiger partial charge >= 0.3 is 5.69 Å². The third-order valence-electron chi connectivity index (χ3n) is 4.95. The zero-order valence-corrected chi connectivity index (χ0v) is 17.0. The number of anilines is 1. The first-order valence-corrected chi connectivity index (χ1v) is 10.8. The summed E-state index contributed by atoms with van der Waals surface area (Å²) in [6.07, 6.45) is 2.32. The number of non-ortho nitro benzene ring substituents is 1. The molecule has 3 rings (SSSR count). The van der Waals surface area contributed by atoms with Gasteiger partial charge in [-0.2, -0.15) is 5.10 Å². The highest BCUT2D eigenvalue weighted by Crippen LogP contribution is 2.31. The minimum absolute atomic E-state index is 0.0462. The van der Waals surface area contributed by atoms with Crippen LogP contribution < -0.4 is 5.43 Å². The van der Waals surface area contributed by atoms with E-state index >= 15 is 0 Å². The van der Waals surface area contributed by atoms with Crippen LogP contribution in [0.15, 0.2) is 52.5 Å². The number of hydrogen-bond donors (Lipinski definition) is 1. The lowest BCUT2D eigenvalue weighted by molar-refractivity contribution is -0.393. The first-order chi connectivity index (χ1) is 14.2. The van der Waals surface area contributed by atoms with Crippen molar-refractivity contribution in [2.24, 2.45) is 5.10 Å². The Balaban J connectivity index is 1.93. The molecule has 1 aliphatic rings. The van der Waals surface area contributed by atoms with Crippen molar-refractivity contribution in [3.8, 4) is 0 Å². The summed E-state index contributed by atoms with van der Waals surface area (Å²) in [6, 6.07) is 9.72. The van der Waals surface area contributed by atoms with Crippen molar-refractivity contribution in [2.75, 3.05) is 5.43 Å². The maximum atomic E-state index is 13.1. The zero-order valence-electron chi connectivity index (χ0n) is 16.1. The molecular weight excluding hydrogens is 412 g/mol. The fourth-order valence-corrected chi connectivity index (χ4v) is 5.18. The maximum Gasteiger partial charge on any atom is 0.301 e. The number of nitro groups is 2. The van der Waals surface area contributed by atoms with Crippen LogP contribution in [0.25, 0.3) is 0 Å². The average Bonchev–Trinajstić information content (AvgIpc) is 2.72. The fourth-order valence-electron chi connectivity index (χ4n) is 3.33. The van der Waals surface area contributed by atoms with Crippen LogP contribution in [0.1, 0.15) is 31.2 Å². The molecule has 2 aromatic carbocycles. The maximum absolute atomic E-state index is 13.1. The highest BCUT2D eigenvalue weighted by Gasteiger charge is 2.34. The highest BCUT2D eigenvalue weighted by molar-refractivity contribution is 7.92. The molecule has 30 heavy (non-hydrogen) atoms. The summed E-state index contributed by atoms with van der Waals surface area (Å²) < 4.78 is 26.2. The molecule has 0 bridgehead atoms. The zero-order chi connectivity index (χ0) is 21.9. The molecule has 1 atom stereocenters. The van der Waals surface area contributed by atoms with Crippen LogP contribution in [0.2, 0.25) is 0 Å². The first kappa shape index (κ1) is 21.4. The van der Waals surface area contributed by atoms with Gasteiger partial charge in [0.15, 0.2) is 9.84 Å². The van der Waals surface area contributed by atoms with Crippen molar-refractivity contribution in [1.29, 1.82) is 0 Å². The molecule has 158 valence electrons. The van der Waals surface area contributed by atoms with E-state index in [2.05, 4.69) is 10.5 Å². The molecule has 1 aliphatic carbocycles. The van der Waals surface area contributed by atoms with Crippen molar-refractivity contribution in [2.45, 2.75) is 42.8 Å². The standard InChI is InChI=1S/C19H20N4O6S/c1-13-6-9-15(10-7-13)30(28,29)19-5-3-2-4-17(19)21-20-16-11-8-14(22(24)25)12-18(16)23(26)27/h6-12,19-20H,2-5H2,1H3/b21-17+/t19-/m1/s1. The Kier molecular flexibility index (Phi) is 6.11. The summed E-state index contributed by atoms with van der Waals surface area (Å²) in [4.78, 5) is 20.9. The Hall–Kier alpha value is -3.34. The summed E-state index contributed by atoms with van der Waals surface area (Å²) in [5.41, 5.74) is 2.90. The number of rotatable bonds is 6. The van der Waals surface area contributed by atoms with E-state index in [1.54, 1.807) is 24.3 Å². The van der Waals surface area contributed by atoms with Gasteiger partial charge in [0.25, 0.3) is 5.69 Å². The molecule has 0 aromatic heterocycles. The molecule has 0 amide bonds. The van der Waals surface area contributed by atoms with E-state index in [9.17, 15) is 28.6 Å². The van der Waals surface area contributed by atoms with Gasteiger partial charge in [-0.05, 0) is 44.4 Å². The van der Waals surface area contributed by atoms with E-state index in [4.69, 9.17) is 0 Å². The second-order valence-electron chi connectivity index (χ2n) is 7.02. The fraction of sp³-hybridized carbons (Fsp3) is 0.316. The Morgan fingerprint density at radius 3 is 2.37 bits per heavy atom. The number of hydrogen-bond acceptors (Lipinski definition) is 8. The molecular formula is C19H20N4O6S. The van der Waals surface area contributed by atoms with Crippen molar-refractivity contribution in [3.63, 3.8) is 0 Å². The van der Waals surface area contributed by atoms with Gasteiger partial charge in [-0.15, -0.1) is 0 Å². The number of nitro benzene ring substituents is 2. The Morgan fingerprint density at radius 1 is 1.03 bits per heavy atom. The van der Waals surface area contributed by atoms with Crippen LogP contribution in [0.5, 0.6) is 0 Å². The smallest absolute Gasteiger partial charge is 0.272 e. The quantitative estimate of drug-likeness (QED) is 0.536. The summed E-state index contributed by atoms with van der Waals surface area (Å²) in [5, 5.41) is 25.5. The largest absolute Gasteiger partial charge is 0.301 e. The minimum Gasteiger partial charge on any atom is -0.272 e. The van der Waals surface area contributed by atoms with E-state index in [0.29, 0.717) is 18.6 Å². The number of aryl methyl sites for hydroxylation is 1. The molecule has 10 nitrogen and oxygen atoms in total. The van der Waals surface area contributed by atoms with Crippen LogP contribution in [-0.4, -0.2) is 29.2 Å². The summed E-state index contributed by atoms with van der Waals surface area (Å²) in [7, 11) is -3.67. The predicted molar refractivity (Wildman–Crippen MR) is 111 cm³/mol.